The van der Waals surface area contributed by atoms with Crippen LogP contribution in [0.5, 0.6) is 0 Å². The van der Waals surface area contributed by atoms with Crippen LogP contribution < -0.4 is 5.73 Å². The van der Waals surface area contributed by atoms with Crippen molar-refractivity contribution in [3.05, 3.63) is 12.2 Å². The fourth-order valence-corrected chi connectivity index (χ4v) is 2.59. The molecule has 1 amide bonds. The van der Waals surface area contributed by atoms with Crippen LogP contribution in [0, 0.1) is 5.92 Å². The Morgan fingerprint density at radius 1 is 1.40 bits per heavy atom. The van der Waals surface area contributed by atoms with Crippen molar-refractivity contribution < 1.29 is 4.79 Å². The van der Waals surface area contributed by atoms with Gasteiger partial charge in [-0.25, -0.2) is 0 Å². The Balaban J connectivity index is 1.94. The van der Waals surface area contributed by atoms with Crippen LogP contribution in [0.15, 0.2) is 12.2 Å². The Bertz CT molecular complexity index is 267. The molecule has 3 nitrogen and oxygen atoms in total. The molecule has 2 unspecified atom stereocenters. The number of rotatable bonds is 1. The van der Waals surface area contributed by atoms with Gasteiger partial charge in [0.05, 0.1) is 0 Å². The molecule has 0 spiro atoms. The molecule has 2 rings (SSSR count). The van der Waals surface area contributed by atoms with Crippen molar-refractivity contribution >= 4 is 5.91 Å². The number of nitrogens with two attached hydrogens (primary N) is 1. The first-order valence-electron chi connectivity index (χ1n) is 5.89. The SMILES string of the molecule is CC1CC(N)CCN1C(=O)C1CC=CC1. The smallest absolute Gasteiger partial charge is 0.226 e. The zero-order valence-corrected chi connectivity index (χ0v) is 9.36. The summed E-state index contributed by atoms with van der Waals surface area (Å²) in [4.78, 5) is 14.2. The maximum Gasteiger partial charge on any atom is 0.226 e. The summed E-state index contributed by atoms with van der Waals surface area (Å²) in [6, 6.07) is 0.604. The van der Waals surface area contributed by atoms with Crippen molar-refractivity contribution in [2.24, 2.45) is 11.7 Å². The van der Waals surface area contributed by atoms with E-state index in [1.54, 1.807) is 0 Å². The Kier molecular flexibility index (Phi) is 3.10. The number of hydrogen-bond donors (Lipinski definition) is 1. The van der Waals surface area contributed by atoms with Crippen LogP contribution in [0.25, 0.3) is 0 Å². The summed E-state index contributed by atoms with van der Waals surface area (Å²) in [6.45, 7) is 2.96. The average molecular weight is 208 g/mol. The zero-order valence-electron chi connectivity index (χ0n) is 9.36. The van der Waals surface area contributed by atoms with Crippen LogP contribution in [0.1, 0.15) is 32.6 Å². The highest BCUT2D eigenvalue weighted by atomic mass is 16.2. The van der Waals surface area contributed by atoms with Crippen LogP contribution in [0.3, 0.4) is 0 Å². The van der Waals surface area contributed by atoms with E-state index in [4.69, 9.17) is 5.73 Å². The summed E-state index contributed by atoms with van der Waals surface area (Å²) in [5, 5.41) is 0. The quantitative estimate of drug-likeness (QED) is 0.660. The van der Waals surface area contributed by atoms with Gasteiger partial charge >= 0.3 is 0 Å². The summed E-state index contributed by atoms with van der Waals surface area (Å²) in [5.41, 5.74) is 5.89. The monoisotopic (exact) mass is 208 g/mol. The van der Waals surface area contributed by atoms with Gasteiger partial charge in [0, 0.05) is 24.5 Å². The lowest BCUT2D eigenvalue weighted by atomic mass is 9.96. The molecule has 0 aromatic carbocycles. The number of allylic oxidation sites excluding steroid dienone is 2. The predicted molar refractivity (Wildman–Crippen MR) is 60.2 cm³/mol. The molecule has 0 radical (unpaired) electrons. The first-order chi connectivity index (χ1) is 7.18. The lowest BCUT2D eigenvalue weighted by Gasteiger charge is -2.37. The second-order valence-electron chi connectivity index (χ2n) is 4.80. The van der Waals surface area contributed by atoms with E-state index in [2.05, 4.69) is 19.1 Å². The standard InChI is InChI=1S/C12H20N2O/c1-9-8-11(13)6-7-14(9)12(15)10-4-2-3-5-10/h2-3,9-11H,4-8,13H2,1H3. The van der Waals surface area contributed by atoms with E-state index in [0.717, 1.165) is 32.2 Å². The Labute approximate surface area is 91.3 Å². The van der Waals surface area contributed by atoms with Gasteiger partial charge in [0.1, 0.15) is 0 Å². The summed E-state index contributed by atoms with van der Waals surface area (Å²) in [6.07, 6.45) is 7.98. The Hall–Kier alpha value is -0.830. The van der Waals surface area contributed by atoms with Gasteiger partial charge in [0.2, 0.25) is 5.91 Å². The third-order valence-electron chi connectivity index (χ3n) is 3.56. The maximum atomic E-state index is 12.2. The fourth-order valence-electron chi connectivity index (χ4n) is 2.59. The highest BCUT2D eigenvalue weighted by molar-refractivity contribution is 5.80. The molecule has 1 saturated heterocycles. The third kappa shape index (κ3) is 2.23. The van der Waals surface area contributed by atoms with Crippen LogP contribution in [-0.2, 0) is 4.79 Å². The van der Waals surface area contributed by atoms with Crippen LogP contribution in [-0.4, -0.2) is 29.4 Å². The molecule has 84 valence electrons. The van der Waals surface area contributed by atoms with Gasteiger partial charge in [-0.05, 0) is 32.6 Å². The third-order valence-corrected chi connectivity index (χ3v) is 3.56. The number of hydrogen-bond acceptors (Lipinski definition) is 2. The maximum absolute atomic E-state index is 12.2. The van der Waals surface area contributed by atoms with Gasteiger partial charge in [0.15, 0.2) is 0 Å². The minimum atomic E-state index is 0.210. The molecule has 0 aromatic heterocycles. The summed E-state index contributed by atoms with van der Waals surface area (Å²) >= 11 is 0. The second-order valence-corrected chi connectivity index (χ2v) is 4.80. The molecule has 3 heteroatoms. The van der Waals surface area contributed by atoms with E-state index < -0.39 is 0 Å². The fraction of sp³-hybridized carbons (Fsp3) is 0.750. The topological polar surface area (TPSA) is 46.3 Å². The number of carbonyl (C=O) groups excluding carboxylic acids is 1. The number of carbonyl (C=O) groups is 1. The van der Waals surface area contributed by atoms with E-state index >= 15 is 0 Å². The van der Waals surface area contributed by atoms with E-state index in [-0.39, 0.29) is 12.0 Å². The average Bonchev–Trinajstić information content (AvgIpc) is 2.69. The molecule has 0 bridgehead atoms. The van der Waals surface area contributed by atoms with Crippen molar-refractivity contribution in [1.29, 1.82) is 0 Å². The Morgan fingerprint density at radius 2 is 2.07 bits per heavy atom. The molecule has 1 aliphatic heterocycles. The molecule has 15 heavy (non-hydrogen) atoms. The minimum absolute atomic E-state index is 0.210. The number of likely N-dealkylation sites (tertiary alicyclic amines) is 1. The van der Waals surface area contributed by atoms with Crippen molar-refractivity contribution in [1.82, 2.24) is 4.90 Å². The van der Waals surface area contributed by atoms with Gasteiger partial charge in [-0.2, -0.15) is 0 Å². The zero-order chi connectivity index (χ0) is 10.8. The Morgan fingerprint density at radius 3 is 2.67 bits per heavy atom. The first-order valence-corrected chi connectivity index (χ1v) is 5.89. The van der Waals surface area contributed by atoms with Gasteiger partial charge in [-0.15, -0.1) is 0 Å². The first kappa shape index (κ1) is 10.7. The van der Waals surface area contributed by atoms with Crippen molar-refractivity contribution in [2.45, 2.75) is 44.7 Å². The van der Waals surface area contributed by atoms with Gasteiger partial charge in [-0.3, -0.25) is 4.79 Å². The van der Waals surface area contributed by atoms with Crippen molar-refractivity contribution in [3.8, 4) is 0 Å². The van der Waals surface area contributed by atoms with Crippen molar-refractivity contribution in [2.75, 3.05) is 6.54 Å². The van der Waals surface area contributed by atoms with E-state index in [1.807, 2.05) is 4.90 Å². The minimum Gasteiger partial charge on any atom is -0.340 e. The van der Waals surface area contributed by atoms with Gasteiger partial charge in [-0.1, -0.05) is 12.2 Å². The van der Waals surface area contributed by atoms with Crippen molar-refractivity contribution in [3.63, 3.8) is 0 Å². The summed E-state index contributed by atoms with van der Waals surface area (Å²) < 4.78 is 0. The van der Waals surface area contributed by atoms with Gasteiger partial charge < -0.3 is 10.6 Å². The molecule has 2 aliphatic rings. The highest BCUT2D eigenvalue weighted by Gasteiger charge is 2.31. The summed E-state index contributed by atoms with van der Waals surface area (Å²) in [7, 11) is 0. The molecular weight excluding hydrogens is 188 g/mol. The largest absolute Gasteiger partial charge is 0.340 e. The number of amides is 1. The van der Waals surface area contributed by atoms with E-state index in [1.165, 1.54) is 0 Å². The number of nitrogens with zero attached hydrogens (tertiary/aromatic N) is 1. The van der Waals surface area contributed by atoms with Crippen LogP contribution >= 0.6 is 0 Å². The van der Waals surface area contributed by atoms with Gasteiger partial charge in [0.25, 0.3) is 0 Å². The lowest BCUT2D eigenvalue weighted by molar-refractivity contribution is -0.138. The predicted octanol–water partition coefficient (Wildman–Crippen LogP) is 1.29. The van der Waals surface area contributed by atoms with E-state index in [9.17, 15) is 4.79 Å². The molecule has 2 N–H and O–H groups in total. The highest BCUT2D eigenvalue weighted by Crippen LogP contribution is 2.24. The summed E-state index contributed by atoms with van der Waals surface area (Å²) in [5.74, 6) is 0.543. The molecule has 1 aliphatic carbocycles. The molecule has 1 heterocycles. The van der Waals surface area contributed by atoms with Crippen LogP contribution in [0.2, 0.25) is 0 Å². The molecule has 0 aromatic rings. The molecule has 2 atom stereocenters. The molecular formula is C12H20N2O. The normalized spacial score (nSPS) is 32.3. The molecule has 0 saturated carbocycles. The lowest BCUT2D eigenvalue weighted by Crippen LogP contribution is -2.50. The molecule has 1 fully saturated rings. The number of piperidine rings is 1. The van der Waals surface area contributed by atoms with E-state index in [0.29, 0.717) is 11.9 Å². The van der Waals surface area contributed by atoms with Crippen LogP contribution in [0.4, 0.5) is 0 Å². The second kappa shape index (κ2) is 4.35.